The molecule has 1 aromatic carbocycles. The van der Waals surface area contributed by atoms with Crippen LogP contribution in [0.5, 0.6) is 0 Å². The number of nitro benzene ring substituents is 1. The van der Waals surface area contributed by atoms with E-state index in [0.29, 0.717) is 0 Å². The van der Waals surface area contributed by atoms with Crippen molar-refractivity contribution in [3.05, 3.63) is 58.6 Å². The van der Waals surface area contributed by atoms with E-state index in [0.717, 1.165) is 36.6 Å². The molecular formula is C11H8FNO4. The molecule has 5 nitrogen and oxygen atoms in total. The Morgan fingerprint density at radius 3 is 2.82 bits per heavy atom. The third-order valence-electron chi connectivity index (χ3n) is 1.78. The van der Waals surface area contributed by atoms with Crippen LogP contribution in [0.25, 0.3) is 6.08 Å². The minimum absolute atomic E-state index is 0.0176. The number of carbonyl (C=O) groups excluding carboxylic acids is 1. The van der Waals surface area contributed by atoms with Crippen molar-refractivity contribution >= 4 is 17.7 Å². The van der Waals surface area contributed by atoms with Crippen LogP contribution in [0.2, 0.25) is 0 Å². The number of nitrogens with zero attached hydrogens (tertiary/aromatic N) is 1. The maximum absolute atomic E-state index is 12.9. The standard InChI is InChI=1S/C11H8FNO4/c1-2-17-11(14)6-3-8-7-9(12)4-5-10(8)13(15)16/h2-7H,1H2/b6-3+. The van der Waals surface area contributed by atoms with Crippen LogP contribution in [0.15, 0.2) is 37.1 Å². The fourth-order valence-corrected chi connectivity index (χ4v) is 1.10. The van der Waals surface area contributed by atoms with Gasteiger partial charge in [0.2, 0.25) is 0 Å². The molecule has 1 aromatic rings. The molecule has 0 atom stereocenters. The fourth-order valence-electron chi connectivity index (χ4n) is 1.10. The number of esters is 1. The summed E-state index contributed by atoms with van der Waals surface area (Å²) < 4.78 is 17.3. The van der Waals surface area contributed by atoms with E-state index >= 15 is 0 Å². The lowest BCUT2D eigenvalue weighted by Gasteiger charge is -1.97. The first-order valence-corrected chi connectivity index (χ1v) is 4.48. The van der Waals surface area contributed by atoms with Crippen molar-refractivity contribution in [2.45, 2.75) is 0 Å². The molecule has 0 aliphatic rings. The lowest BCUT2D eigenvalue weighted by atomic mass is 10.1. The minimum Gasteiger partial charge on any atom is -0.432 e. The smallest absolute Gasteiger partial charge is 0.335 e. The number of benzene rings is 1. The molecule has 0 aliphatic carbocycles. The first-order chi connectivity index (χ1) is 8.04. The van der Waals surface area contributed by atoms with E-state index in [2.05, 4.69) is 11.3 Å². The van der Waals surface area contributed by atoms with Gasteiger partial charge in [-0.3, -0.25) is 10.1 Å². The van der Waals surface area contributed by atoms with Crippen LogP contribution in [-0.4, -0.2) is 10.9 Å². The molecule has 0 spiro atoms. The second-order valence-corrected chi connectivity index (χ2v) is 2.90. The average Bonchev–Trinajstić information content (AvgIpc) is 2.26. The molecule has 0 saturated carbocycles. The van der Waals surface area contributed by atoms with Crippen LogP contribution in [0.3, 0.4) is 0 Å². The Morgan fingerprint density at radius 1 is 1.53 bits per heavy atom. The molecule has 0 fully saturated rings. The number of halogens is 1. The van der Waals surface area contributed by atoms with E-state index in [1.54, 1.807) is 0 Å². The monoisotopic (exact) mass is 237 g/mol. The molecule has 0 amide bonds. The van der Waals surface area contributed by atoms with Gasteiger partial charge in [-0.1, -0.05) is 6.58 Å². The largest absolute Gasteiger partial charge is 0.432 e. The molecule has 6 heteroatoms. The number of rotatable bonds is 4. The van der Waals surface area contributed by atoms with Crippen LogP contribution in [-0.2, 0) is 9.53 Å². The maximum atomic E-state index is 12.9. The van der Waals surface area contributed by atoms with E-state index in [9.17, 15) is 19.3 Å². The molecule has 17 heavy (non-hydrogen) atoms. The van der Waals surface area contributed by atoms with Gasteiger partial charge in [-0.25, -0.2) is 9.18 Å². The third kappa shape index (κ3) is 3.53. The Hall–Kier alpha value is -2.50. The van der Waals surface area contributed by atoms with Crippen molar-refractivity contribution in [3.8, 4) is 0 Å². The predicted octanol–water partition coefficient (Wildman–Crippen LogP) is 2.43. The van der Waals surface area contributed by atoms with Crippen molar-refractivity contribution in [2.24, 2.45) is 0 Å². The van der Waals surface area contributed by atoms with Gasteiger partial charge in [-0.15, -0.1) is 0 Å². The van der Waals surface area contributed by atoms with Crippen molar-refractivity contribution in [2.75, 3.05) is 0 Å². The van der Waals surface area contributed by atoms with Gasteiger partial charge < -0.3 is 4.74 Å². The zero-order valence-corrected chi connectivity index (χ0v) is 8.63. The summed E-state index contributed by atoms with van der Waals surface area (Å²) in [5.41, 5.74) is -0.315. The molecule has 88 valence electrons. The quantitative estimate of drug-likeness (QED) is 0.265. The van der Waals surface area contributed by atoms with Crippen molar-refractivity contribution < 1.29 is 18.8 Å². The van der Waals surface area contributed by atoms with Crippen molar-refractivity contribution in [1.82, 2.24) is 0 Å². The van der Waals surface area contributed by atoms with E-state index in [4.69, 9.17) is 0 Å². The van der Waals surface area contributed by atoms with E-state index in [-0.39, 0.29) is 11.3 Å². The van der Waals surface area contributed by atoms with Gasteiger partial charge in [0.05, 0.1) is 16.7 Å². The number of hydrogen-bond donors (Lipinski definition) is 0. The molecule has 0 N–H and O–H groups in total. The Kier molecular flexibility index (Phi) is 4.10. The van der Waals surface area contributed by atoms with Crippen molar-refractivity contribution in [1.29, 1.82) is 0 Å². The van der Waals surface area contributed by atoms with Crippen LogP contribution in [0.4, 0.5) is 10.1 Å². The summed E-state index contributed by atoms with van der Waals surface area (Å²) in [4.78, 5) is 20.9. The minimum atomic E-state index is -0.751. The number of nitro groups is 1. The highest BCUT2D eigenvalue weighted by molar-refractivity contribution is 5.88. The Bertz CT molecular complexity index is 496. The molecule has 0 saturated heterocycles. The van der Waals surface area contributed by atoms with Gasteiger partial charge in [0.1, 0.15) is 5.82 Å². The normalized spacial score (nSPS) is 10.2. The van der Waals surface area contributed by atoms with Crippen molar-refractivity contribution in [3.63, 3.8) is 0 Å². The molecule has 0 unspecified atom stereocenters. The highest BCUT2D eigenvalue weighted by Gasteiger charge is 2.12. The van der Waals surface area contributed by atoms with Gasteiger partial charge in [0.25, 0.3) is 5.69 Å². The highest BCUT2D eigenvalue weighted by Crippen LogP contribution is 2.20. The summed E-state index contributed by atoms with van der Waals surface area (Å²) in [6.07, 6.45) is 2.98. The first-order valence-electron chi connectivity index (χ1n) is 4.48. The van der Waals surface area contributed by atoms with Crippen LogP contribution in [0.1, 0.15) is 5.56 Å². The van der Waals surface area contributed by atoms with Crippen LogP contribution >= 0.6 is 0 Å². The average molecular weight is 237 g/mol. The molecule has 0 aliphatic heterocycles. The zero-order chi connectivity index (χ0) is 12.8. The number of carbonyl (C=O) groups is 1. The molecule has 0 bridgehead atoms. The molecule has 0 radical (unpaired) electrons. The second kappa shape index (κ2) is 5.55. The van der Waals surface area contributed by atoms with Gasteiger partial charge in [-0.2, -0.15) is 0 Å². The summed E-state index contributed by atoms with van der Waals surface area (Å²) in [6.45, 7) is 3.17. The van der Waals surface area contributed by atoms with E-state index < -0.39 is 16.7 Å². The summed E-state index contributed by atoms with van der Waals surface area (Å²) in [5, 5.41) is 10.6. The summed E-state index contributed by atoms with van der Waals surface area (Å²) in [5.74, 6) is -1.38. The van der Waals surface area contributed by atoms with Crippen LogP contribution in [0, 0.1) is 15.9 Å². The Labute approximate surface area is 96.0 Å². The van der Waals surface area contributed by atoms with Gasteiger partial charge in [0, 0.05) is 12.1 Å². The summed E-state index contributed by atoms with van der Waals surface area (Å²) in [6, 6.07) is 2.95. The zero-order valence-electron chi connectivity index (χ0n) is 8.63. The topological polar surface area (TPSA) is 69.4 Å². The van der Waals surface area contributed by atoms with Gasteiger partial charge in [0.15, 0.2) is 0 Å². The van der Waals surface area contributed by atoms with E-state index in [1.807, 2.05) is 0 Å². The van der Waals surface area contributed by atoms with E-state index in [1.165, 1.54) is 0 Å². The molecule has 0 heterocycles. The summed E-state index contributed by atoms with van der Waals surface area (Å²) >= 11 is 0. The summed E-state index contributed by atoms with van der Waals surface area (Å²) in [7, 11) is 0. The van der Waals surface area contributed by atoms with Crippen LogP contribution < -0.4 is 0 Å². The maximum Gasteiger partial charge on any atom is 0.335 e. The molecular weight excluding hydrogens is 229 g/mol. The Balaban J connectivity index is 3.03. The molecule has 1 rings (SSSR count). The SMILES string of the molecule is C=COC(=O)/C=C/c1cc(F)ccc1[N+](=O)[O-]. The second-order valence-electron chi connectivity index (χ2n) is 2.90. The Morgan fingerprint density at radius 2 is 2.24 bits per heavy atom. The molecule has 0 aromatic heterocycles. The fraction of sp³-hybridized carbons (Fsp3) is 0. The predicted molar refractivity (Wildman–Crippen MR) is 58.4 cm³/mol. The third-order valence-corrected chi connectivity index (χ3v) is 1.78. The number of hydrogen-bond acceptors (Lipinski definition) is 4. The lowest BCUT2D eigenvalue weighted by molar-refractivity contribution is -0.385. The lowest BCUT2D eigenvalue weighted by Crippen LogP contribution is -1.95. The van der Waals surface area contributed by atoms with Gasteiger partial charge >= 0.3 is 5.97 Å². The highest BCUT2D eigenvalue weighted by atomic mass is 19.1. The number of ether oxygens (including phenoxy) is 1. The first kappa shape index (κ1) is 12.6. The van der Waals surface area contributed by atoms with Gasteiger partial charge in [-0.05, 0) is 18.2 Å².